The van der Waals surface area contributed by atoms with Gasteiger partial charge in [0.2, 0.25) is 21.8 Å². The molecule has 1 N–H and O–H groups in total. The average molecular weight is 528 g/mol. The predicted octanol–water partition coefficient (Wildman–Crippen LogP) is 4.75. The van der Waals surface area contributed by atoms with Crippen LogP contribution in [0.3, 0.4) is 0 Å². The van der Waals surface area contributed by atoms with Crippen LogP contribution in [0.25, 0.3) is 0 Å². The maximum absolute atomic E-state index is 13.8. The molecule has 1 fully saturated rings. The Morgan fingerprint density at radius 3 is 2.24 bits per heavy atom. The van der Waals surface area contributed by atoms with Crippen LogP contribution in [0.1, 0.15) is 75.5 Å². The third-order valence-corrected chi connectivity index (χ3v) is 8.19. The zero-order valence-electron chi connectivity index (χ0n) is 22.7. The Kier molecular flexibility index (Phi) is 9.76. The van der Waals surface area contributed by atoms with Crippen LogP contribution < -0.4 is 9.62 Å². The minimum atomic E-state index is -3.75. The lowest BCUT2D eigenvalue weighted by molar-refractivity contribution is -0.140. The molecule has 0 heterocycles. The van der Waals surface area contributed by atoms with Crippen LogP contribution in [0, 0.1) is 6.92 Å². The van der Waals surface area contributed by atoms with E-state index < -0.39 is 22.0 Å². The van der Waals surface area contributed by atoms with E-state index in [1.807, 2.05) is 50.2 Å². The lowest BCUT2D eigenvalue weighted by atomic mass is 10.0. The minimum Gasteiger partial charge on any atom is -0.352 e. The number of anilines is 1. The van der Waals surface area contributed by atoms with Crippen molar-refractivity contribution in [1.82, 2.24) is 10.2 Å². The van der Waals surface area contributed by atoms with Crippen molar-refractivity contribution in [2.24, 2.45) is 0 Å². The van der Waals surface area contributed by atoms with Gasteiger partial charge in [0.15, 0.2) is 0 Å². The van der Waals surface area contributed by atoms with E-state index in [4.69, 9.17) is 0 Å². The second-order valence-corrected chi connectivity index (χ2v) is 12.3. The van der Waals surface area contributed by atoms with E-state index in [0.29, 0.717) is 18.0 Å². The minimum absolute atomic E-state index is 0.129. The van der Waals surface area contributed by atoms with Crippen molar-refractivity contribution < 1.29 is 18.0 Å². The van der Waals surface area contributed by atoms with E-state index in [0.717, 1.165) is 52.9 Å². The summed E-state index contributed by atoms with van der Waals surface area (Å²) < 4.78 is 26.7. The topological polar surface area (TPSA) is 86.8 Å². The standard InChI is InChI=1S/C29H41N3O4S/c1-6-27(29(34)30-25-12-7-8-13-25)31(19-23-11-9-10-22(4)18-23)28(33)20-32(37(5,35)36)26-16-14-24(15-17-26)21(2)3/h9-11,14-18,21,25,27H,6-8,12-13,19-20H2,1-5H3,(H,30,34)/t27-/m0/s1. The van der Waals surface area contributed by atoms with Gasteiger partial charge in [-0.3, -0.25) is 13.9 Å². The zero-order chi connectivity index (χ0) is 27.2. The molecule has 8 heteroatoms. The molecule has 202 valence electrons. The van der Waals surface area contributed by atoms with Gasteiger partial charge >= 0.3 is 0 Å². The first-order valence-corrected chi connectivity index (χ1v) is 15.1. The molecule has 0 bridgehead atoms. The van der Waals surface area contributed by atoms with Gasteiger partial charge in [-0.05, 0) is 55.4 Å². The Hall–Kier alpha value is -2.87. The fraction of sp³-hybridized carbons (Fsp3) is 0.517. The summed E-state index contributed by atoms with van der Waals surface area (Å²) in [5.41, 5.74) is 3.46. The molecule has 2 aromatic rings. The van der Waals surface area contributed by atoms with Crippen molar-refractivity contribution >= 4 is 27.5 Å². The quantitative estimate of drug-likeness (QED) is 0.457. The van der Waals surface area contributed by atoms with Gasteiger partial charge in [-0.2, -0.15) is 0 Å². The number of nitrogens with zero attached hydrogens (tertiary/aromatic N) is 2. The fourth-order valence-electron chi connectivity index (χ4n) is 4.93. The molecule has 2 aromatic carbocycles. The first-order valence-electron chi connectivity index (χ1n) is 13.2. The first-order chi connectivity index (χ1) is 17.5. The van der Waals surface area contributed by atoms with E-state index in [-0.39, 0.29) is 25.0 Å². The van der Waals surface area contributed by atoms with Gasteiger partial charge in [-0.25, -0.2) is 8.42 Å². The highest BCUT2D eigenvalue weighted by molar-refractivity contribution is 7.92. The monoisotopic (exact) mass is 527 g/mol. The van der Waals surface area contributed by atoms with E-state index in [1.165, 1.54) is 0 Å². The first kappa shape index (κ1) is 28.7. The molecule has 0 aromatic heterocycles. The van der Waals surface area contributed by atoms with Crippen molar-refractivity contribution in [2.45, 2.75) is 84.3 Å². The van der Waals surface area contributed by atoms with Crippen molar-refractivity contribution in [3.8, 4) is 0 Å². The molecule has 2 amide bonds. The van der Waals surface area contributed by atoms with E-state index in [9.17, 15) is 18.0 Å². The van der Waals surface area contributed by atoms with Gasteiger partial charge in [0, 0.05) is 12.6 Å². The Bertz CT molecular complexity index is 1170. The Morgan fingerprint density at radius 1 is 1.05 bits per heavy atom. The fourth-order valence-corrected chi connectivity index (χ4v) is 5.78. The largest absolute Gasteiger partial charge is 0.352 e. The number of carbonyl (C=O) groups is 2. The molecule has 37 heavy (non-hydrogen) atoms. The maximum Gasteiger partial charge on any atom is 0.244 e. The highest BCUT2D eigenvalue weighted by atomic mass is 32.2. The number of rotatable bonds is 11. The smallest absolute Gasteiger partial charge is 0.244 e. The maximum atomic E-state index is 13.8. The summed E-state index contributed by atoms with van der Waals surface area (Å²) in [6, 6.07) is 14.5. The Balaban J connectivity index is 1.91. The van der Waals surface area contributed by atoms with Gasteiger partial charge < -0.3 is 10.2 Å². The third kappa shape index (κ3) is 7.81. The van der Waals surface area contributed by atoms with Crippen molar-refractivity contribution in [3.63, 3.8) is 0 Å². The normalized spacial score (nSPS) is 15.0. The SMILES string of the molecule is CC[C@@H](C(=O)NC1CCCC1)N(Cc1cccc(C)c1)C(=O)CN(c1ccc(C(C)C)cc1)S(C)(=O)=O. The molecule has 0 radical (unpaired) electrons. The number of sulfonamides is 1. The number of hydrogen-bond donors (Lipinski definition) is 1. The summed E-state index contributed by atoms with van der Waals surface area (Å²) in [7, 11) is -3.75. The second kappa shape index (κ2) is 12.6. The lowest BCUT2D eigenvalue weighted by Crippen LogP contribution is -2.53. The number of aryl methyl sites for hydroxylation is 1. The molecule has 1 aliphatic carbocycles. The van der Waals surface area contributed by atoms with Crippen LogP contribution in [-0.2, 0) is 26.2 Å². The van der Waals surface area contributed by atoms with Crippen molar-refractivity contribution in [2.75, 3.05) is 17.1 Å². The van der Waals surface area contributed by atoms with Crippen LogP contribution >= 0.6 is 0 Å². The van der Waals surface area contributed by atoms with E-state index in [2.05, 4.69) is 19.2 Å². The molecule has 0 saturated heterocycles. The van der Waals surface area contributed by atoms with Gasteiger partial charge in [-0.15, -0.1) is 0 Å². The molecule has 0 unspecified atom stereocenters. The predicted molar refractivity (Wildman–Crippen MR) is 149 cm³/mol. The zero-order valence-corrected chi connectivity index (χ0v) is 23.6. The third-order valence-electron chi connectivity index (χ3n) is 7.05. The summed E-state index contributed by atoms with van der Waals surface area (Å²) in [5, 5.41) is 3.13. The van der Waals surface area contributed by atoms with Crippen LogP contribution in [0.4, 0.5) is 5.69 Å². The number of amides is 2. The highest BCUT2D eigenvalue weighted by Gasteiger charge is 2.33. The Morgan fingerprint density at radius 2 is 1.70 bits per heavy atom. The molecular formula is C29H41N3O4S. The molecule has 7 nitrogen and oxygen atoms in total. The van der Waals surface area contributed by atoms with Gasteiger partial charge in [0.05, 0.1) is 11.9 Å². The summed E-state index contributed by atoms with van der Waals surface area (Å²) in [6.45, 7) is 7.84. The summed E-state index contributed by atoms with van der Waals surface area (Å²) in [6.07, 6.45) is 5.60. The summed E-state index contributed by atoms with van der Waals surface area (Å²) in [5.74, 6) is -0.285. The van der Waals surface area contributed by atoms with Gasteiger partial charge in [0.25, 0.3) is 0 Å². The number of benzene rings is 2. The molecule has 1 atom stereocenters. The number of nitrogens with one attached hydrogen (secondary N) is 1. The van der Waals surface area contributed by atoms with Gasteiger partial charge in [0.1, 0.15) is 12.6 Å². The van der Waals surface area contributed by atoms with E-state index in [1.54, 1.807) is 17.0 Å². The van der Waals surface area contributed by atoms with Crippen molar-refractivity contribution in [1.29, 1.82) is 0 Å². The van der Waals surface area contributed by atoms with Crippen LogP contribution in [0.5, 0.6) is 0 Å². The molecular weight excluding hydrogens is 486 g/mol. The number of hydrogen-bond acceptors (Lipinski definition) is 4. The van der Waals surface area contributed by atoms with Crippen LogP contribution in [0.15, 0.2) is 48.5 Å². The molecule has 1 aliphatic rings. The molecule has 1 saturated carbocycles. The van der Waals surface area contributed by atoms with Crippen LogP contribution in [0.2, 0.25) is 0 Å². The highest BCUT2D eigenvalue weighted by Crippen LogP contribution is 2.24. The average Bonchev–Trinajstić information content (AvgIpc) is 3.34. The summed E-state index contributed by atoms with van der Waals surface area (Å²) >= 11 is 0. The van der Waals surface area contributed by atoms with Gasteiger partial charge in [-0.1, -0.05) is 75.6 Å². The molecule has 0 spiro atoms. The van der Waals surface area contributed by atoms with E-state index >= 15 is 0 Å². The Labute approximate surface area is 222 Å². The lowest BCUT2D eigenvalue weighted by Gasteiger charge is -2.33. The second-order valence-electron chi connectivity index (χ2n) is 10.4. The molecule has 3 rings (SSSR count). The molecule has 0 aliphatic heterocycles. The van der Waals surface area contributed by atoms with Crippen molar-refractivity contribution in [3.05, 3.63) is 65.2 Å². The number of carbonyl (C=O) groups excluding carboxylic acids is 2. The summed E-state index contributed by atoms with van der Waals surface area (Å²) in [4.78, 5) is 28.7. The van der Waals surface area contributed by atoms with Crippen LogP contribution in [-0.4, -0.2) is 50.0 Å².